The highest BCUT2D eigenvalue weighted by Crippen LogP contribution is 2.32. The largest absolute Gasteiger partial charge is 0.497 e. The fourth-order valence-electron chi connectivity index (χ4n) is 5.11. The standard InChI is InChI=1S/C27H34N4O3S/c1-34-23-6-7-26-25(15-23)21(8-10-30-26)5-2-4-20-9-12-31(18-22(20)14-27(32)33)11-3-13-35-24-16-28-19-29-17-24/h6-8,10,15-17,19-20,22H,2-5,9,11-14,18H2,1H3,(H,32,33)/t20-,22+/m1/s1. The van der Waals surface area contributed by atoms with Gasteiger partial charge in [0.25, 0.3) is 0 Å². The van der Waals surface area contributed by atoms with Gasteiger partial charge in [0, 0.05) is 41.8 Å². The van der Waals surface area contributed by atoms with Gasteiger partial charge in [-0.2, -0.15) is 0 Å². The lowest BCUT2D eigenvalue weighted by Gasteiger charge is -2.38. The number of hydrogen-bond acceptors (Lipinski definition) is 7. The van der Waals surface area contributed by atoms with Gasteiger partial charge in [0.1, 0.15) is 12.1 Å². The maximum atomic E-state index is 11.6. The molecule has 2 aromatic heterocycles. The number of pyridine rings is 1. The molecular formula is C27H34N4O3S. The maximum Gasteiger partial charge on any atom is 0.303 e. The van der Waals surface area contributed by atoms with Crippen LogP contribution in [0.1, 0.15) is 37.7 Å². The topological polar surface area (TPSA) is 88.4 Å². The first kappa shape index (κ1) is 25.4. The van der Waals surface area contributed by atoms with Crippen molar-refractivity contribution < 1.29 is 14.6 Å². The summed E-state index contributed by atoms with van der Waals surface area (Å²) < 4.78 is 5.40. The van der Waals surface area contributed by atoms with E-state index in [2.05, 4.69) is 32.0 Å². The van der Waals surface area contributed by atoms with Crippen molar-refractivity contribution in [2.45, 2.75) is 43.4 Å². The van der Waals surface area contributed by atoms with Crippen LogP contribution in [0, 0.1) is 11.8 Å². The van der Waals surface area contributed by atoms with Gasteiger partial charge < -0.3 is 14.7 Å². The quantitative estimate of drug-likeness (QED) is 0.279. The summed E-state index contributed by atoms with van der Waals surface area (Å²) >= 11 is 1.77. The number of hydrogen-bond donors (Lipinski definition) is 1. The molecule has 1 aromatic carbocycles. The Morgan fingerprint density at radius 3 is 2.86 bits per heavy atom. The SMILES string of the molecule is COc1ccc2nccc(CCC[C@@H]3CCN(CCCSc4cncnc4)C[C@@H]3CC(=O)O)c2c1. The third-order valence-electron chi connectivity index (χ3n) is 6.90. The molecule has 186 valence electrons. The molecule has 3 aromatic rings. The number of ether oxygens (including phenoxy) is 1. The predicted molar refractivity (Wildman–Crippen MR) is 139 cm³/mol. The van der Waals surface area contributed by atoms with E-state index in [-0.39, 0.29) is 12.3 Å². The van der Waals surface area contributed by atoms with Crippen LogP contribution < -0.4 is 4.74 Å². The first-order valence-corrected chi connectivity index (χ1v) is 13.3. The lowest BCUT2D eigenvalue weighted by atomic mass is 9.80. The smallest absolute Gasteiger partial charge is 0.303 e. The van der Waals surface area contributed by atoms with Gasteiger partial charge in [0.15, 0.2) is 0 Å². The Kier molecular flexibility index (Phi) is 9.31. The van der Waals surface area contributed by atoms with E-state index in [1.165, 1.54) is 5.56 Å². The number of piperidine rings is 1. The number of aromatic nitrogens is 3. The van der Waals surface area contributed by atoms with Crippen LogP contribution in [0.2, 0.25) is 0 Å². The molecule has 2 atom stereocenters. The lowest BCUT2D eigenvalue weighted by Crippen LogP contribution is -2.41. The zero-order valence-corrected chi connectivity index (χ0v) is 21.1. The average molecular weight is 495 g/mol. The van der Waals surface area contributed by atoms with Gasteiger partial charge in [-0.25, -0.2) is 9.97 Å². The number of aryl methyl sites for hydroxylation is 1. The number of aliphatic carboxylic acids is 1. The summed E-state index contributed by atoms with van der Waals surface area (Å²) in [5.41, 5.74) is 2.26. The molecular weight excluding hydrogens is 460 g/mol. The molecule has 0 radical (unpaired) electrons. The molecule has 0 spiro atoms. The van der Waals surface area contributed by atoms with E-state index in [4.69, 9.17) is 4.74 Å². The Bertz CT molecular complexity index is 1100. The van der Waals surface area contributed by atoms with Crippen LogP contribution in [0.3, 0.4) is 0 Å². The summed E-state index contributed by atoms with van der Waals surface area (Å²) in [6.07, 6.45) is 12.6. The van der Waals surface area contributed by atoms with E-state index in [0.29, 0.717) is 5.92 Å². The van der Waals surface area contributed by atoms with E-state index < -0.39 is 5.97 Å². The number of likely N-dealkylation sites (tertiary alicyclic amines) is 1. The Balaban J connectivity index is 1.27. The van der Waals surface area contributed by atoms with Gasteiger partial charge in [0.05, 0.1) is 12.6 Å². The number of thioether (sulfide) groups is 1. The molecule has 0 bridgehead atoms. The molecule has 0 amide bonds. The van der Waals surface area contributed by atoms with Crippen molar-refractivity contribution in [3.05, 3.63) is 54.7 Å². The second-order valence-corrected chi connectivity index (χ2v) is 10.4. The van der Waals surface area contributed by atoms with Gasteiger partial charge in [0.2, 0.25) is 0 Å². The van der Waals surface area contributed by atoms with Crippen molar-refractivity contribution in [3.63, 3.8) is 0 Å². The summed E-state index contributed by atoms with van der Waals surface area (Å²) in [4.78, 5) is 27.7. The molecule has 1 fully saturated rings. The summed E-state index contributed by atoms with van der Waals surface area (Å²) in [6.45, 7) is 2.94. The summed E-state index contributed by atoms with van der Waals surface area (Å²) in [5.74, 6) is 1.85. The minimum Gasteiger partial charge on any atom is -0.497 e. The fourth-order valence-corrected chi connectivity index (χ4v) is 5.89. The number of nitrogens with zero attached hydrogens (tertiary/aromatic N) is 4. The third kappa shape index (κ3) is 7.39. The zero-order chi connectivity index (χ0) is 24.5. The van der Waals surface area contributed by atoms with Crippen molar-refractivity contribution in [2.75, 3.05) is 32.5 Å². The maximum absolute atomic E-state index is 11.6. The van der Waals surface area contributed by atoms with Crippen molar-refractivity contribution >= 4 is 28.6 Å². The Hall–Kier alpha value is -2.71. The Labute approximate surface area is 211 Å². The van der Waals surface area contributed by atoms with Crippen LogP contribution in [0.25, 0.3) is 10.9 Å². The predicted octanol–water partition coefficient (Wildman–Crippen LogP) is 4.95. The van der Waals surface area contributed by atoms with Gasteiger partial charge in [-0.15, -0.1) is 11.8 Å². The number of fused-ring (bicyclic) bond motifs is 1. The van der Waals surface area contributed by atoms with E-state index in [1.54, 1.807) is 25.2 Å². The fraction of sp³-hybridized carbons (Fsp3) is 0.481. The molecule has 1 aliphatic heterocycles. The molecule has 1 aliphatic rings. The molecule has 8 heteroatoms. The van der Waals surface area contributed by atoms with E-state index >= 15 is 0 Å². The minimum atomic E-state index is -0.686. The average Bonchev–Trinajstić information content (AvgIpc) is 2.88. The number of benzene rings is 1. The van der Waals surface area contributed by atoms with Crippen molar-refractivity contribution in [1.29, 1.82) is 0 Å². The molecule has 0 unspecified atom stereocenters. The highest BCUT2D eigenvalue weighted by Gasteiger charge is 2.30. The second-order valence-electron chi connectivity index (χ2n) is 9.23. The van der Waals surface area contributed by atoms with Gasteiger partial charge in [-0.3, -0.25) is 9.78 Å². The summed E-state index contributed by atoms with van der Waals surface area (Å²) in [5, 5.41) is 10.7. The van der Waals surface area contributed by atoms with Crippen molar-refractivity contribution in [1.82, 2.24) is 19.9 Å². The molecule has 0 aliphatic carbocycles. The first-order chi connectivity index (χ1) is 17.1. The van der Waals surface area contributed by atoms with Crippen LogP contribution in [0.5, 0.6) is 5.75 Å². The number of carboxylic acid groups (broad SMARTS) is 1. The normalized spacial score (nSPS) is 18.5. The third-order valence-corrected chi connectivity index (χ3v) is 7.93. The molecule has 1 N–H and O–H groups in total. The Morgan fingerprint density at radius 2 is 2.06 bits per heavy atom. The van der Waals surface area contributed by atoms with E-state index in [1.807, 2.05) is 30.7 Å². The summed E-state index contributed by atoms with van der Waals surface area (Å²) in [6, 6.07) is 8.10. The Morgan fingerprint density at radius 1 is 1.20 bits per heavy atom. The molecule has 3 heterocycles. The second kappa shape index (κ2) is 12.8. The molecule has 1 saturated heterocycles. The minimum absolute atomic E-state index is 0.214. The number of carbonyl (C=O) groups is 1. The van der Waals surface area contributed by atoms with Crippen molar-refractivity contribution in [3.8, 4) is 5.75 Å². The molecule has 4 rings (SSSR count). The zero-order valence-electron chi connectivity index (χ0n) is 20.3. The molecule has 7 nitrogen and oxygen atoms in total. The molecule has 0 saturated carbocycles. The van der Waals surface area contributed by atoms with Gasteiger partial charge >= 0.3 is 5.97 Å². The van der Waals surface area contributed by atoms with Gasteiger partial charge in [-0.05, 0) is 92.6 Å². The number of rotatable bonds is 12. The molecule has 35 heavy (non-hydrogen) atoms. The van der Waals surface area contributed by atoms with Gasteiger partial charge in [-0.1, -0.05) is 0 Å². The van der Waals surface area contributed by atoms with Crippen LogP contribution in [0.15, 0.2) is 54.1 Å². The highest BCUT2D eigenvalue weighted by molar-refractivity contribution is 7.99. The first-order valence-electron chi connectivity index (χ1n) is 12.4. The van der Waals surface area contributed by atoms with Crippen LogP contribution in [-0.2, 0) is 11.2 Å². The van der Waals surface area contributed by atoms with Crippen LogP contribution in [0.4, 0.5) is 0 Å². The summed E-state index contributed by atoms with van der Waals surface area (Å²) in [7, 11) is 1.68. The van der Waals surface area contributed by atoms with E-state index in [0.717, 1.165) is 79.0 Å². The lowest BCUT2D eigenvalue weighted by molar-refractivity contribution is -0.139. The van der Waals surface area contributed by atoms with E-state index in [9.17, 15) is 9.90 Å². The van der Waals surface area contributed by atoms with Crippen LogP contribution >= 0.6 is 11.8 Å². The van der Waals surface area contributed by atoms with Crippen LogP contribution in [-0.4, -0.2) is 63.4 Å². The number of carboxylic acids is 1. The number of methoxy groups -OCH3 is 1. The van der Waals surface area contributed by atoms with Crippen molar-refractivity contribution in [2.24, 2.45) is 11.8 Å². The highest BCUT2D eigenvalue weighted by atomic mass is 32.2. The monoisotopic (exact) mass is 494 g/mol.